The zero-order valence-electron chi connectivity index (χ0n) is 11.7. The first-order valence-electron chi connectivity index (χ1n) is 6.64. The minimum Gasteiger partial charge on any atom is -0.492 e. The first-order valence-corrected chi connectivity index (χ1v) is 7.01. The molecule has 1 heterocycles. The van der Waals surface area contributed by atoms with Crippen LogP contribution in [0.3, 0.4) is 0 Å². The third-order valence-electron chi connectivity index (χ3n) is 2.70. The Morgan fingerprint density at radius 3 is 2.85 bits per heavy atom. The van der Waals surface area contributed by atoms with Gasteiger partial charge in [-0.15, -0.1) is 0 Å². The van der Waals surface area contributed by atoms with Crippen molar-refractivity contribution in [1.29, 1.82) is 0 Å². The van der Waals surface area contributed by atoms with Crippen molar-refractivity contribution in [2.75, 3.05) is 11.9 Å². The third kappa shape index (κ3) is 4.10. The lowest BCUT2D eigenvalue weighted by Gasteiger charge is -2.10. The molecule has 4 nitrogen and oxygen atoms in total. The number of aromatic nitrogens is 2. The molecule has 1 N–H and O–H groups in total. The standard InChI is InChI=1S/C15H18ClN3O/c1-3-8-20-15-5-4-12(9-14(15)16)18-10-13-6-7-17-11(2)19-13/h4-7,9,18H,3,8,10H2,1-2H3. The first-order chi connectivity index (χ1) is 9.69. The second-order valence-electron chi connectivity index (χ2n) is 4.44. The zero-order valence-corrected chi connectivity index (χ0v) is 12.4. The smallest absolute Gasteiger partial charge is 0.138 e. The summed E-state index contributed by atoms with van der Waals surface area (Å²) < 4.78 is 5.54. The van der Waals surface area contributed by atoms with Crippen molar-refractivity contribution < 1.29 is 4.74 Å². The van der Waals surface area contributed by atoms with Gasteiger partial charge < -0.3 is 10.1 Å². The SMILES string of the molecule is CCCOc1ccc(NCc2ccnc(C)n2)cc1Cl. The molecule has 106 valence electrons. The van der Waals surface area contributed by atoms with Gasteiger partial charge in [-0.25, -0.2) is 9.97 Å². The lowest BCUT2D eigenvalue weighted by atomic mass is 10.3. The van der Waals surface area contributed by atoms with E-state index in [0.29, 0.717) is 18.2 Å². The van der Waals surface area contributed by atoms with Gasteiger partial charge in [-0.05, 0) is 37.6 Å². The molecule has 0 radical (unpaired) electrons. The van der Waals surface area contributed by atoms with Crippen LogP contribution in [0, 0.1) is 6.92 Å². The predicted octanol–water partition coefficient (Wildman–Crippen LogP) is 3.84. The Kier molecular flexibility index (Phi) is 5.18. The van der Waals surface area contributed by atoms with E-state index in [9.17, 15) is 0 Å². The number of hydrogen-bond acceptors (Lipinski definition) is 4. The summed E-state index contributed by atoms with van der Waals surface area (Å²) in [5, 5.41) is 3.90. The molecule has 1 aromatic heterocycles. The number of halogens is 1. The molecule has 20 heavy (non-hydrogen) atoms. The van der Waals surface area contributed by atoms with Crippen molar-refractivity contribution in [3.63, 3.8) is 0 Å². The number of nitrogens with zero attached hydrogens (tertiary/aromatic N) is 2. The normalized spacial score (nSPS) is 10.3. The Balaban J connectivity index is 1.98. The molecule has 0 saturated heterocycles. The van der Waals surface area contributed by atoms with E-state index in [1.807, 2.05) is 31.2 Å². The molecule has 0 aliphatic carbocycles. The largest absolute Gasteiger partial charge is 0.492 e. The number of benzene rings is 1. The topological polar surface area (TPSA) is 47.0 Å². The minimum atomic E-state index is 0.613. The van der Waals surface area contributed by atoms with Crippen molar-refractivity contribution in [3.05, 3.63) is 47.0 Å². The van der Waals surface area contributed by atoms with Gasteiger partial charge in [-0.1, -0.05) is 18.5 Å². The second-order valence-corrected chi connectivity index (χ2v) is 4.85. The summed E-state index contributed by atoms with van der Waals surface area (Å²) in [5.41, 5.74) is 1.88. The average Bonchev–Trinajstić information content (AvgIpc) is 2.44. The molecule has 0 unspecified atom stereocenters. The highest BCUT2D eigenvalue weighted by atomic mass is 35.5. The van der Waals surface area contributed by atoms with Crippen molar-refractivity contribution in [2.24, 2.45) is 0 Å². The highest BCUT2D eigenvalue weighted by Crippen LogP contribution is 2.27. The Morgan fingerprint density at radius 2 is 2.15 bits per heavy atom. The third-order valence-corrected chi connectivity index (χ3v) is 3.00. The van der Waals surface area contributed by atoms with E-state index in [1.165, 1.54) is 0 Å². The van der Waals surface area contributed by atoms with Crippen LogP contribution < -0.4 is 10.1 Å². The van der Waals surface area contributed by atoms with Crippen LogP contribution in [0.1, 0.15) is 24.9 Å². The highest BCUT2D eigenvalue weighted by molar-refractivity contribution is 6.32. The summed E-state index contributed by atoms with van der Waals surface area (Å²) >= 11 is 6.18. The molecule has 2 rings (SSSR count). The van der Waals surface area contributed by atoms with Crippen molar-refractivity contribution in [1.82, 2.24) is 9.97 Å². The average molecular weight is 292 g/mol. The van der Waals surface area contributed by atoms with E-state index >= 15 is 0 Å². The van der Waals surface area contributed by atoms with Gasteiger partial charge in [0.2, 0.25) is 0 Å². The van der Waals surface area contributed by atoms with Crippen LogP contribution >= 0.6 is 11.6 Å². The summed E-state index contributed by atoms with van der Waals surface area (Å²) in [6.45, 7) is 5.25. The summed E-state index contributed by atoms with van der Waals surface area (Å²) in [5.74, 6) is 1.49. The maximum absolute atomic E-state index is 6.18. The van der Waals surface area contributed by atoms with E-state index in [0.717, 1.165) is 29.4 Å². The van der Waals surface area contributed by atoms with Crippen LogP contribution in [-0.4, -0.2) is 16.6 Å². The molecule has 1 aromatic carbocycles. The fraction of sp³-hybridized carbons (Fsp3) is 0.333. The lowest BCUT2D eigenvalue weighted by Crippen LogP contribution is -2.03. The maximum Gasteiger partial charge on any atom is 0.138 e. The van der Waals surface area contributed by atoms with E-state index in [2.05, 4.69) is 22.2 Å². The van der Waals surface area contributed by atoms with Crippen LogP contribution in [-0.2, 0) is 6.54 Å². The van der Waals surface area contributed by atoms with Gasteiger partial charge in [0.05, 0.1) is 23.9 Å². The molecule has 0 amide bonds. The molecule has 2 aromatic rings. The van der Waals surface area contributed by atoms with Gasteiger partial charge in [0.25, 0.3) is 0 Å². The van der Waals surface area contributed by atoms with Gasteiger partial charge >= 0.3 is 0 Å². The Hall–Kier alpha value is -1.81. The molecule has 5 heteroatoms. The van der Waals surface area contributed by atoms with Crippen LogP contribution in [0.2, 0.25) is 5.02 Å². The van der Waals surface area contributed by atoms with Gasteiger partial charge in [0, 0.05) is 11.9 Å². The van der Waals surface area contributed by atoms with Crippen molar-refractivity contribution in [3.8, 4) is 5.75 Å². The summed E-state index contributed by atoms with van der Waals surface area (Å²) in [7, 11) is 0. The van der Waals surface area contributed by atoms with E-state index < -0.39 is 0 Å². The lowest BCUT2D eigenvalue weighted by molar-refractivity contribution is 0.317. The monoisotopic (exact) mass is 291 g/mol. The molecule has 0 aliphatic rings. The first kappa shape index (κ1) is 14.6. The molecular weight excluding hydrogens is 274 g/mol. The van der Waals surface area contributed by atoms with E-state index in [1.54, 1.807) is 6.20 Å². The van der Waals surface area contributed by atoms with Gasteiger partial charge in [-0.2, -0.15) is 0 Å². The number of ether oxygens (including phenoxy) is 1. The highest BCUT2D eigenvalue weighted by Gasteiger charge is 2.03. The molecule has 0 saturated carbocycles. The molecule has 0 atom stereocenters. The molecular formula is C15H18ClN3O. The number of nitrogens with one attached hydrogen (secondary N) is 1. The molecule has 0 spiro atoms. The van der Waals surface area contributed by atoms with Gasteiger partial charge in [0.15, 0.2) is 0 Å². The Bertz CT molecular complexity index is 575. The number of anilines is 1. The van der Waals surface area contributed by atoms with E-state index in [4.69, 9.17) is 16.3 Å². The number of aryl methyl sites for hydroxylation is 1. The maximum atomic E-state index is 6.18. The minimum absolute atomic E-state index is 0.613. The zero-order chi connectivity index (χ0) is 14.4. The number of rotatable bonds is 6. The van der Waals surface area contributed by atoms with Gasteiger partial charge in [-0.3, -0.25) is 0 Å². The number of hydrogen-bond donors (Lipinski definition) is 1. The van der Waals surface area contributed by atoms with Gasteiger partial charge in [0.1, 0.15) is 11.6 Å². The quantitative estimate of drug-likeness (QED) is 0.878. The molecule has 0 bridgehead atoms. The van der Waals surface area contributed by atoms with Crippen LogP contribution in [0.4, 0.5) is 5.69 Å². The van der Waals surface area contributed by atoms with Crippen LogP contribution in [0.5, 0.6) is 5.75 Å². The van der Waals surface area contributed by atoms with Crippen molar-refractivity contribution in [2.45, 2.75) is 26.8 Å². The summed E-state index contributed by atoms with van der Waals surface area (Å²) in [6.07, 6.45) is 2.72. The summed E-state index contributed by atoms with van der Waals surface area (Å²) in [4.78, 5) is 8.41. The van der Waals surface area contributed by atoms with Crippen LogP contribution in [0.15, 0.2) is 30.5 Å². The fourth-order valence-corrected chi connectivity index (χ4v) is 1.97. The van der Waals surface area contributed by atoms with Crippen molar-refractivity contribution >= 4 is 17.3 Å². The van der Waals surface area contributed by atoms with Crippen LogP contribution in [0.25, 0.3) is 0 Å². The second kappa shape index (κ2) is 7.10. The Morgan fingerprint density at radius 1 is 1.30 bits per heavy atom. The predicted molar refractivity (Wildman–Crippen MR) is 81.3 cm³/mol. The summed E-state index contributed by atoms with van der Waals surface area (Å²) in [6, 6.07) is 7.58. The Labute approximate surface area is 124 Å². The molecule has 0 aliphatic heterocycles. The fourth-order valence-electron chi connectivity index (χ4n) is 1.74. The van der Waals surface area contributed by atoms with E-state index in [-0.39, 0.29) is 0 Å². The molecule has 0 fully saturated rings.